The van der Waals surface area contributed by atoms with E-state index < -0.39 is 11.5 Å². The molecule has 0 unspecified atom stereocenters. The monoisotopic (exact) mass is 319 g/mol. The Morgan fingerprint density at radius 2 is 1.83 bits per heavy atom. The summed E-state index contributed by atoms with van der Waals surface area (Å²) < 4.78 is 4.85. The first kappa shape index (κ1) is 15.5. The Labute approximate surface area is 117 Å². The van der Waals surface area contributed by atoms with Crippen molar-refractivity contribution in [2.75, 3.05) is 18.5 Å². The fraction of sp³-hybridized carbons (Fsp3) is 0.846. The number of hydrogen-bond donors (Lipinski definition) is 1. The molecule has 1 aliphatic carbocycles. The van der Waals surface area contributed by atoms with Crippen LogP contribution in [0.3, 0.4) is 0 Å². The van der Waals surface area contributed by atoms with E-state index in [9.17, 15) is 9.59 Å². The van der Waals surface area contributed by atoms with Gasteiger partial charge >= 0.3 is 6.09 Å². The molecule has 0 aromatic heterocycles. The van der Waals surface area contributed by atoms with E-state index in [2.05, 4.69) is 21.2 Å². The topological polar surface area (TPSA) is 55.4 Å². The molecule has 0 aromatic carbocycles. The van der Waals surface area contributed by atoms with Crippen LogP contribution in [0, 0.1) is 5.41 Å². The average Bonchev–Trinajstić information content (AvgIpc) is 2.62. The predicted molar refractivity (Wildman–Crippen MR) is 74.0 cm³/mol. The molecule has 0 radical (unpaired) electrons. The lowest BCUT2D eigenvalue weighted by Gasteiger charge is -2.30. The number of carbonyl (C=O) groups is 2. The van der Waals surface area contributed by atoms with Crippen LogP contribution >= 0.6 is 15.9 Å². The summed E-state index contributed by atoms with van der Waals surface area (Å²) in [5.41, 5.74) is -0.396. The highest BCUT2D eigenvalue weighted by molar-refractivity contribution is 9.09. The van der Waals surface area contributed by atoms with Crippen molar-refractivity contribution in [3.05, 3.63) is 0 Å². The molecule has 0 atom stereocenters. The number of amides is 1. The first-order valence-electron chi connectivity index (χ1n) is 6.64. The van der Waals surface area contributed by atoms with Gasteiger partial charge in [-0.2, -0.15) is 0 Å². The lowest BCUT2D eigenvalue weighted by Crippen LogP contribution is -2.43. The fourth-order valence-corrected chi connectivity index (χ4v) is 3.12. The van der Waals surface area contributed by atoms with Crippen molar-refractivity contribution >= 4 is 27.8 Å². The van der Waals surface area contributed by atoms with E-state index in [0.29, 0.717) is 18.5 Å². The minimum absolute atomic E-state index is 0.196. The summed E-state index contributed by atoms with van der Waals surface area (Å²) in [4.78, 5) is 23.5. The molecule has 5 heteroatoms. The molecule has 4 nitrogen and oxygen atoms in total. The molecule has 1 aliphatic rings. The van der Waals surface area contributed by atoms with E-state index >= 15 is 0 Å². The van der Waals surface area contributed by atoms with Crippen molar-refractivity contribution in [1.82, 2.24) is 5.32 Å². The fourth-order valence-electron chi connectivity index (χ4n) is 2.52. The normalized spacial score (nSPS) is 18.8. The van der Waals surface area contributed by atoms with Crippen LogP contribution in [0.15, 0.2) is 0 Å². The average molecular weight is 320 g/mol. The van der Waals surface area contributed by atoms with Crippen molar-refractivity contribution in [2.45, 2.75) is 45.4 Å². The Morgan fingerprint density at radius 1 is 1.22 bits per heavy atom. The second kappa shape index (κ2) is 7.77. The molecule has 1 saturated carbocycles. The van der Waals surface area contributed by atoms with Crippen molar-refractivity contribution in [1.29, 1.82) is 0 Å². The third-order valence-electron chi connectivity index (χ3n) is 3.62. The number of ether oxygens (including phenoxy) is 1. The minimum Gasteiger partial charge on any atom is -0.450 e. The van der Waals surface area contributed by atoms with Gasteiger partial charge in [-0.05, 0) is 19.8 Å². The summed E-state index contributed by atoms with van der Waals surface area (Å²) in [6.07, 6.45) is 5.77. The molecule has 1 fully saturated rings. The predicted octanol–water partition coefficient (Wildman–Crippen LogP) is 3.04. The van der Waals surface area contributed by atoms with Crippen molar-refractivity contribution < 1.29 is 14.3 Å². The van der Waals surface area contributed by atoms with E-state index in [1.807, 2.05) is 0 Å². The number of rotatable bonds is 5. The number of ketones is 1. The van der Waals surface area contributed by atoms with Gasteiger partial charge in [0.1, 0.15) is 0 Å². The highest BCUT2D eigenvalue weighted by atomic mass is 79.9. The Kier molecular flexibility index (Phi) is 6.68. The molecule has 104 valence electrons. The van der Waals surface area contributed by atoms with E-state index in [0.717, 1.165) is 25.7 Å². The zero-order valence-corrected chi connectivity index (χ0v) is 12.6. The maximum absolute atomic E-state index is 12.2. The maximum Gasteiger partial charge on any atom is 0.407 e. The molecule has 0 heterocycles. The lowest BCUT2D eigenvalue weighted by atomic mass is 9.77. The molecule has 0 bridgehead atoms. The van der Waals surface area contributed by atoms with E-state index in [1.165, 1.54) is 12.8 Å². The van der Waals surface area contributed by atoms with Gasteiger partial charge in [0.2, 0.25) is 0 Å². The van der Waals surface area contributed by atoms with Crippen LogP contribution in [-0.2, 0) is 9.53 Å². The van der Waals surface area contributed by atoms with Gasteiger partial charge in [-0.25, -0.2) is 4.79 Å². The largest absolute Gasteiger partial charge is 0.450 e. The van der Waals surface area contributed by atoms with Crippen molar-refractivity contribution in [3.63, 3.8) is 0 Å². The van der Waals surface area contributed by atoms with Crippen molar-refractivity contribution in [2.24, 2.45) is 5.41 Å². The van der Waals surface area contributed by atoms with Gasteiger partial charge in [0.25, 0.3) is 0 Å². The smallest absolute Gasteiger partial charge is 0.407 e. The number of carbonyl (C=O) groups excluding carboxylic acids is 2. The van der Waals surface area contributed by atoms with Crippen LogP contribution in [0.25, 0.3) is 0 Å². The summed E-state index contributed by atoms with van der Waals surface area (Å²) in [6, 6.07) is 0. The van der Waals surface area contributed by atoms with E-state index in [4.69, 9.17) is 4.74 Å². The van der Waals surface area contributed by atoms with Crippen molar-refractivity contribution in [3.8, 4) is 0 Å². The van der Waals surface area contributed by atoms with Gasteiger partial charge in [0.15, 0.2) is 5.78 Å². The van der Waals surface area contributed by atoms with Crippen LogP contribution in [-0.4, -0.2) is 30.4 Å². The van der Waals surface area contributed by atoms with E-state index in [-0.39, 0.29) is 5.78 Å². The summed E-state index contributed by atoms with van der Waals surface area (Å²) in [6.45, 7) is 2.52. The summed E-state index contributed by atoms with van der Waals surface area (Å²) >= 11 is 3.26. The summed E-state index contributed by atoms with van der Waals surface area (Å²) in [5, 5.41) is 3.09. The SMILES string of the molecule is CCOC(=O)NCC1(C(=O)CBr)CCCCCC1. The molecule has 0 aromatic rings. The molecule has 18 heavy (non-hydrogen) atoms. The summed E-state index contributed by atoms with van der Waals surface area (Å²) in [7, 11) is 0. The van der Waals surface area contributed by atoms with Gasteiger partial charge in [-0.1, -0.05) is 41.6 Å². The van der Waals surface area contributed by atoms with Gasteiger partial charge in [0.05, 0.1) is 11.9 Å². The van der Waals surface area contributed by atoms with E-state index in [1.54, 1.807) is 6.92 Å². The molecule has 1 N–H and O–H groups in total. The molecule has 0 spiro atoms. The van der Waals surface area contributed by atoms with Crippen LogP contribution in [0.2, 0.25) is 0 Å². The molecule has 0 saturated heterocycles. The second-order valence-corrected chi connectivity index (χ2v) is 5.39. The lowest BCUT2D eigenvalue weighted by molar-refractivity contribution is -0.126. The molecule has 1 amide bonds. The Hall–Kier alpha value is -0.580. The third kappa shape index (κ3) is 4.26. The third-order valence-corrected chi connectivity index (χ3v) is 4.13. The molecular formula is C13H22BrNO3. The van der Waals surface area contributed by atoms with Gasteiger partial charge in [0, 0.05) is 12.0 Å². The Morgan fingerprint density at radius 3 is 2.33 bits per heavy atom. The number of hydrogen-bond acceptors (Lipinski definition) is 3. The zero-order valence-electron chi connectivity index (χ0n) is 11.0. The molecule has 0 aliphatic heterocycles. The highest BCUT2D eigenvalue weighted by Crippen LogP contribution is 2.36. The Balaban J connectivity index is 2.65. The van der Waals surface area contributed by atoms with Gasteiger partial charge < -0.3 is 10.1 Å². The first-order valence-corrected chi connectivity index (χ1v) is 7.76. The van der Waals surface area contributed by atoms with Gasteiger partial charge in [-0.3, -0.25) is 4.79 Å². The number of Topliss-reactive ketones (excluding diaryl/α,β-unsaturated/α-hetero) is 1. The molecular weight excluding hydrogens is 298 g/mol. The van der Waals surface area contributed by atoms with Crippen LogP contribution in [0.5, 0.6) is 0 Å². The number of alkyl halides is 1. The Bertz CT molecular complexity index is 286. The quantitative estimate of drug-likeness (QED) is 0.626. The van der Waals surface area contributed by atoms with Crippen LogP contribution < -0.4 is 5.32 Å². The first-order chi connectivity index (χ1) is 8.64. The highest BCUT2D eigenvalue weighted by Gasteiger charge is 2.37. The maximum atomic E-state index is 12.2. The van der Waals surface area contributed by atoms with Gasteiger partial charge in [-0.15, -0.1) is 0 Å². The number of alkyl carbamates (subject to hydrolysis) is 1. The number of nitrogens with one attached hydrogen (secondary N) is 1. The van der Waals surface area contributed by atoms with Crippen LogP contribution in [0.1, 0.15) is 45.4 Å². The zero-order chi connectivity index (χ0) is 13.4. The standard InChI is InChI=1S/C13H22BrNO3/c1-2-18-12(17)15-10-13(11(16)9-14)7-5-3-4-6-8-13/h2-10H2,1H3,(H,15,17). The number of halogens is 1. The second-order valence-electron chi connectivity index (χ2n) is 4.83. The molecule has 1 rings (SSSR count). The summed E-state index contributed by atoms with van der Waals surface area (Å²) in [5.74, 6) is 0.196. The van der Waals surface area contributed by atoms with Crippen LogP contribution in [0.4, 0.5) is 4.79 Å². The minimum atomic E-state index is -0.427.